The van der Waals surface area contributed by atoms with Gasteiger partial charge in [0.1, 0.15) is 6.04 Å². The number of carbonyl (C=O) groups excluding carboxylic acids is 1. The molecule has 6 heteroatoms. The molecule has 2 atom stereocenters. The van der Waals surface area contributed by atoms with Crippen molar-refractivity contribution in [3.05, 3.63) is 0 Å². The van der Waals surface area contributed by atoms with Crippen molar-refractivity contribution in [1.29, 1.82) is 0 Å². The van der Waals surface area contributed by atoms with Gasteiger partial charge < -0.3 is 15.5 Å². The molecular weight excluding hydrogens is 230 g/mol. The second-order valence-electron chi connectivity index (χ2n) is 4.20. The fourth-order valence-corrected chi connectivity index (χ4v) is 2.16. The fourth-order valence-electron chi connectivity index (χ4n) is 0.823. The minimum Gasteiger partial charge on any atom is -0.480 e. The van der Waals surface area contributed by atoms with Gasteiger partial charge in [0.15, 0.2) is 0 Å². The number of hydrogen-bond acceptors (Lipinski definition) is 4. The summed E-state index contributed by atoms with van der Waals surface area (Å²) in [6, 6.07) is -0.898. The predicted octanol–water partition coefficient (Wildman–Crippen LogP) is 0.326. The first-order chi connectivity index (χ1) is 7.31. The molecule has 0 radical (unpaired) electrons. The Labute approximate surface area is 99.6 Å². The van der Waals surface area contributed by atoms with Crippen LogP contribution in [0.4, 0.5) is 0 Å². The van der Waals surface area contributed by atoms with Crippen LogP contribution in [-0.2, 0) is 9.59 Å². The highest BCUT2D eigenvalue weighted by molar-refractivity contribution is 7.99. The van der Waals surface area contributed by atoms with E-state index >= 15 is 0 Å². The van der Waals surface area contributed by atoms with Crippen molar-refractivity contribution < 1.29 is 19.8 Å². The summed E-state index contributed by atoms with van der Waals surface area (Å²) in [5, 5.41) is 20.9. The van der Waals surface area contributed by atoms with E-state index in [9.17, 15) is 14.7 Å². The topological polar surface area (TPSA) is 86.6 Å². The van der Waals surface area contributed by atoms with Crippen LogP contribution in [0.5, 0.6) is 0 Å². The molecule has 0 saturated carbocycles. The van der Waals surface area contributed by atoms with Crippen LogP contribution in [0.1, 0.15) is 20.8 Å². The maximum Gasteiger partial charge on any atom is 0.327 e. The number of nitrogens with one attached hydrogen (secondary N) is 1. The largest absolute Gasteiger partial charge is 0.480 e. The molecule has 2 unspecified atom stereocenters. The maximum absolute atomic E-state index is 10.7. The summed E-state index contributed by atoms with van der Waals surface area (Å²) >= 11 is 1.31. The molecule has 5 nitrogen and oxygen atoms in total. The summed E-state index contributed by atoms with van der Waals surface area (Å²) in [7, 11) is 0. The minimum absolute atomic E-state index is 0.0994. The second kappa shape index (κ2) is 6.75. The van der Waals surface area contributed by atoms with Gasteiger partial charge in [-0.25, -0.2) is 4.79 Å². The zero-order chi connectivity index (χ0) is 12.8. The van der Waals surface area contributed by atoms with E-state index < -0.39 is 17.6 Å². The molecule has 16 heavy (non-hydrogen) atoms. The van der Waals surface area contributed by atoms with Gasteiger partial charge in [0.2, 0.25) is 6.41 Å². The summed E-state index contributed by atoms with van der Waals surface area (Å²) in [5.74, 6) is -0.280. The van der Waals surface area contributed by atoms with E-state index in [1.54, 1.807) is 6.92 Å². The fraction of sp³-hybridized carbons (Fsp3) is 0.800. The van der Waals surface area contributed by atoms with Crippen LogP contribution in [0.15, 0.2) is 0 Å². The normalized spacial score (nSPS) is 16.6. The number of carboxylic acids is 1. The van der Waals surface area contributed by atoms with Gasteiger partial charge in [-0.3, -0.25) is 4.79 Å². The van der Waals surface area contributed by atoms with Crippen molar-refractivity contribution in [3.8, 4) is 0 Å². The molecule has 0 aliphatic carbocycles. The van der Waals surface area contributed by atoms with Crippen molar-refractivity contribution in [2.45, 2.75) is 32.4 Å². The monoisotopic (exact) mass is 249 g/mol. The van der Waals surface area contributed by atoms with Crippen LogP contribution in [0.25, 0.3) is 0 Å². The Morgan fingerprint density at radius 3 is 2.50 bits per heavy atom. The molecule has 1 amide bonds. The maximum atomic E-state index is 10.7. The highest BCUT2D eigenvalue weighted by Gasteiger charge is 2.26. The molecule has 0 fully saturated rings. The summed E-state index contributed by atoms with van der Waals surface area (Å²) in [5.41, 5.74) is -0.825. The van der Waals surface area contributed by atoms with Gasteiger partial charge >= 0.3 is 5.97 Å². The van der Waals surface area contributed by atoms with E-state index in [-0.39, 0.29) is 11.7 Å². The summed E-state index contributed by atoms with van der Waals surface area (Å²) < 4.78 is 0. The van der Waals surface area contributed by atoms with Gasteiger partial charge in [0, 0.05) is 11.5 Å². The number of aliphatic hydroxyl groups is 1. The number of carbonyl (C=O) groups is 2. The number of aliphatic carboxylic acids is 1. The molecule has 0 heterocycles. The lowest BCUT2D eigenvalue weighted by Gasteiger charge is -2.27. The number of hydrogen-bond donors (Lipinski definition) is 3. The first kappa shape index (κ1) is 15.2. The third-order valence-corrected chi connectivity index (χ3v) is 3.85. The number of rotatable bonds is 8. The first-order valence-corrected chi connectivity index (χ1v) is 6.19. The van der Waals surface area contributed by atoms with Crippen LogP contribution in [0.3, 0.4) is 0 Å². The van der Waals surface area contributed by atoms with Crippen molar-refractivity contribution in [2.24, 2.45) is 5.92 Å². The molecule has 0 spiro atoms. The van der Waals surface area contributed by atoms with Crippen LogP contribution < -0.4 is 5.32 Å². The molecule has 3 N–H and O–H groups in total. The second-order valence-corrected chi connectivity index (χ2v) is 5.23. The Morgan fingerprint density at radius 1 is 1.56 bits per heavy atom. The Morgan fingerprint density at radius 2 is 2.12 bits per heavy atom. The van der Waals surface area contributed by atoms with Crippen molar-refractivity contribution in [2.75, 3.05) is 11.5 Å². The van der Waals surface area contributed by atoms with Gasteiger partial charge in [0.25, 0.3) is 0 Å². The first-order valence-electron chi connectivity index (χ1n) is 5.04. The van der Waals surface area contributed by atoms with E-state index in [1.165, 1.54) is 11.8 Å². The number of carboxylic acid groups (broad SMARTS) is 1. The van der Waals surface area contributed by atoms with E-state index in [2.05, 4.69) is 5.32 Å². The van der Waals surface area contributed by atoms with Gasteiger partial charge in [-0.15, -0.1) is 0 Å². The molecular formula is C10H19NO4S. The predicted molar refractivity (Wildman–Crippen MR) is 63.4 cm³/mol. The van der Waals surface area contributed by atoms with Gasteiger partial charge in [0.05, 0.1) is 5.60 Å². The molecule has 0 aromatic heterocycles. The smallest absolute Gasteiger partial charge is 0.327 e. The van der Waals surface area contributed by atoms with E-state index in [0.29, 0.717) is 12.2 Å². The molecule has 0 aliphatic rings. The zero-order valence-electron chi connectivity index (χ0n) is 9.77. The molecule has 0 bridgehead atoms. The number of amides is 1. The van der Waals surface area contributed by atoms with Crippen LogP contribution in [-0.4, -0.2) is 45.7 Å². The molecule has 94 valence electrons. The highest BCUT2D eigenvalue weighted by Crippen LogP contribution is 2.21. The van der Waals surface area contributed by atoms with Crippen molar-refractivity contribution in [1.82, 2.24) is 5.32 Å². The average Bonchev–Trinajstić information content (AvgIpc) is 2.15. The lowest BCUT2D eigenvalue weighted by molar-refractivity contribution is -0.139. The Bertz CT molecular complexity index is 243. The molecule has 0 rings (SSSR count). The standard InChI is InChI=1S/C10H19NO4S/c1-7(2)10(3,15)5-16-4-8(9(13)14)11-6-12/h6-8,15H,4-5H2,1-3H3,(H,11,12)(H,13,14). The molecule has 0 aliphatic heterocycles. The van der Waals surface area contributed by atoms with E-state index in [0.717, 1.165) is 0 Å². The lowest BCUT2D eigenvalue weighted by atomic mass is 9.95. The Kier molecular flexibility index (Phi) is 6.43. The summed E-state index contributed by atoms with van der Waals surface area (Å²) in [4.78, 5) is 20.8. The van der Waals surface area contributed by atoms with Crippen molar-refractivity contribution in [3.63, 3.8) is 0 Å². The Hall–Kier alpha value is -0.750. The van der Waals surface area contributed by atoms with Crippen LogP contribution in [0.2, 0.25) is 0 Å². The third-order valence-electron chi connectivity index (χ3n) is 2.49. The minimum atomic E-state index is -1.07. The van der Waals surface area contributed by atoms with Crippen molar-refractivity contribution >= 4 is 24.1 Å². The third kappa shape index (κ3) is 5.37. The molecule has 0 saturated heterocycles. The quantitative estimate of drug-likeness (QED) is 0.540. The summed E-state index contributed by atoms with van der Waals surface area (Å²) in [6.45, 7) is 5.52. The number of thioether (sulfide) groups is 1. The van der Waals surface area contributed by atoms with Gasteiger partial charge in [-0.2, -0.15) is 11.8 Å². The van der Waals surface area contributed by atoms with Gasteiger partial charge in [-0.1, -0.05) is 13.8 Å². The zero-order valence-corrected chi connectivity index (χ0v) is 10.6. The molecule has 0 aromatic carbocycles. The van der Waals surface area contributed by atoms with Crippen LogP contribution >= 0.6 is 11.8 Å². The molecule has 0 aromatic rings. The van der Waals surface area contributed by atoms with E-state index in [4.69, 9.17) is 5.11 Å². The highest BCUT2D eigenvalue weighted by atomic mass is 32.2. The van der Waals surface area contributed by atoms with E-state index in [1.807, 2.05) is 13.8 Å². The SMILES string of the molecule is CC(C)C(C)(O)CSCC(NC=O)C(=O)O. The summed E-state index contributed by atoms with van der Waals surface area (Å²) in [6.07, 6.45) is 0.375. The average molecular weight is 249 g/mol. The Balaban J connectivity index is 4.04. The van der Waals surface area contributed by atoms with Gasteiger partial charge in [-0.05, 0) is 12.8 Å². The van der Waals surface area contributed by atoms with Crippen LogP contribution in [0, 0.1) is 5.92 Å². The lowest BCUT2D eigenvalue weighted by Crippen LogP contribution is -2.39.